The smallest absolute Gasteiger partial charge is 0.256 e. The molecule has 316 valence electrons. The van der Waals surface area contributed by atoms with E-state index in [-0.39, 0.29) is 94.4 Å². The highest BCUT2D eigenvalue weighted by Crippen LogP contribution is 2.38. The number of halogens is 6. The van der Waals surface area contributed by atoms with Gasteiger partial charge in [-0.25, -0.2) is 0 Å². The Morgan fingerprint density at radius 3 is 1.33 bits per heavy atom. The largest absolute Gasteiger partial charge is 0.395 e. The fourth-order valence-corrected chi connectivity index (χ4v) is 13.6. The SMILES string of the molecule is COCC(=O)Nc1c(I)c(C(=O)NCC(=O)Nc2c(I)c(C(=O)N(CCO)CCO)c(I)c(C(=O)N(CCO)CCO)c2I)c(I)c(C(=O)NCC(O)CO)c1I. The lowest BCUT2D eigenvalue weighted by molar-refractivity contribution is -0.119. The number of ether oxygens (including phenoxy) is 1. The second-order valence-electron chi connectivity index (χ2n) is 11.4. The van der Waals surface area contributed by atoms with Crippen molar-refractivity contribution in [2.45, 2.75) is 6.10 Å². The van der Waals surface area contributed by atoms with Crippen LogP contribution in [0, 0.1) is 21.4 Å². The summed E-state index contributed by atoms with van der Waals surface area (Å²) in [4.78, 5) is 83.5. The quantitative estimate of drug-likeness (QED) is 0.0750. The number of carbonyl (C=O) groups excluding carboxylic acids is 6. The van der Waals surface area contributed by atoms with Crippen LogP contribution in [0.15, 0.2) is 0 Å². The topological polar surface area (TPSA) is 288 Å². The van der Waals surface area contributed by atoms with Gasteiger partial charge >= 0.3 is 0 Å². The Kier molecular flexibility index (Phi) is 23.9. The predicted octanol–water partition coefficient (Wildman–Crippen LogP) is 0.204. The molecule has 0 heterocycles. The molecule has 2 aromatic rings. The molecule has 0 bridgehead atoms. The van der Waals surface area contributed by atoms with Gasteiger partial charge in [0.25, 0.3) is 23.6 Å². The molecule has 2 rings (SSSR count). The molecule has 2 aromatic carbocycles. The highest BCUT2D eigenvalue weighted by Gasteiger charge is 2.33. The molecular weight excluding hydrogens is 1440 g/mol. The molecule has 0 spiro atoms. The lowest BCUT2D eigenvalue weighted by atomic mass is 10.1. The van der Waals surface area contributed by atoms with Gasteiger partial charge in [0.1, 0.15) is 6.61 Å². The van der Waals surface area contributed by atoms with Gasteiger partial charge < -0.3 is 66.4 Å². The summed E-state index contributed by atoms with van der Waals surface area (Å²) in [6.07, 6.45) is -1.27. The number of benzene rings is 2. The van der Waals surface area contributed by atoms with Crippen LogP contribution in [0.25, 0.3) is 0 Å². The summed E-state index contributed by atoms with van der Waals surface area (Å²) < 4.78 is 6.07. The van der Waals surface area contributed by atoms with Gasteiger partial charge in [0, 0.05) is 47.0 Å². The van der Waals surface area contributed by atoms with Gasteiger partial charge in [-0.2, -0.15) is 0 Å². The minimum absolute atomic E-state index is 0.0223. The molecule has 0 fully saturated rings. The Hall–Kier alpha value is -0.640. The lowest BCUT2D eigenvalue weighted by Gasteiger charge is -2.27. The van der Waals surface area contributed by atoms with Crippen molar-refractivity contribution in [3.8, 4) is 0 Å². The highest BCUT2D eigenvalue weighted by atomic mass is 127. The molecule has 0 aliphatic rings. The van der Waals surface area contributed by atoms with E-state index in [0.717, 1.165) is 0 Å². The lowest BCUT2D eigenvalue weighted by Crippen LogP contribution is -2.40. The van der Waals surface area contributed by atoms with Crippen molar-refractivity contribution in [1.29, 1.82) is 0 Å². The second-order valence-corrected chi connectivity index (χ2v) is 17.8. The summed E-state index contributed by atoms with van der Waals surface area (Å²) in [5.41, 5.74) is -0.0466. The van der Waals surface area contributed by atoms with Crippen LogP contribution in [0.3, 0.4) is 0 Å². The molecule has 0 aromatic heterocycles. The third-order valence-corrected chi connectivity index (χ3v) is 14.0. The van der Waals surface area contributed by atoms with Gasteiger partial charge in [0.2, 0.25) is 11.8 Å². The monoisotopic (exact) mass is 1480 g/mol. The van der Waals surface area contributed by atoms with Gasteiger partial charge in [-0.15, -0.1) is 0 Å². The number of hydrogen-bond donors (Lipinski definition) is 10. The number of anilines is 2. The molecule has 19 nitrogen and oxygen atoms in total. The average Bonchev–Trinajstić information content (AvgIpc) is 3.16. The normalized spacial score (nSPS) is 11.5. The van der Waals surface area contributed by atoms with Crippen LogP contribution in [-0.4, -0.2) is 168 Å². The van der Waals surface area contributed by atoms with Crippen molar-refractivity contribution in [3.63, 3.8) is 0 Å². The molecule has 25 heteroatoms. The first kappa shape index (κ1) is 52.5. The van der Waals surface area contributed by atoms with E-state index in [1.165, 1.54) is 16.9 Å². The summed E-state index contributed by atoms with van der Waals surface area (Å²) in [5, 5.41) is 67.7. The third kappa shape index (κ3) is 13.9. The molecule has 6 amide bonds. The number of aliphatic hydroxyl groups excluding tert-OH is 6. The minimum atomic E-state index is -1.27. The molecule has 1 atom stereocenters. The first-order chi connectivity index (χ1) is 27.0. The highest BCUT2D eigenvalue weighted by molar-refractivity contribution is 14.1. The fraction of sp³-hybridized carbons (Fsp3) is 0.438. The molecule has 1 unspecified atom stereocenters. The second kappa shape index (κ2) is 26.0. The van der Waals surface area contributed by atoms with Gasteiger partial charge in [-0.3, -0.25) is 28.8 Å². The molecule has 0 aliphatic carbocycles. The Morgan fingerprint density at radius 1 is 0.579 bits per heavy atom. The van der Waals surface area contributed by atoms with Gasteiger partial charge in [0.05, 0.1) is 93.6 Å². The van der Waals surface area contributed by atoms with Crippen LogP contribution in [-0.2, 0) is 14.3 Å². The molecule has 10 N–H and O–H groups in total. The Balaban J connectivity index is 2.66. The first-order valence-electron chi connectivity index (χ1n) is 16.3. The summed E-state index contributed by atoms with van der Waals surface area (Å²) in [5.74, 6) is -4.28. The first-order valence-corrected chi connectivity index (χ1v) is 22.8. The summed E-state index contributed by atoms with van der Waals surface area (Å²) in [6.45, 7) is -4.31. The van der Waals surface area contributed by atoms with Crippen molar-refractivity contribution in [3.05, 3.63) is 43.7 Å². The summed E-state index contributed by atoms with van der Waals surface area (Å²) >= 11 is 10.9. The molecule has 0 radical (unpaired) electrons. The van der Waals surface area contributed by atoms with Gasteiger partial charge in [-0.1, -0.05) is 0 Å². The maximum atomic E-state index is 13.9. The van der Waals surface area contributed by atoms with Crippen molar-refractivity contribution in [2.24, 2.45) is 0 Å². The summed E-state index contributed by atoms with van der Waals surface area (Å²) in [6, 6.07) is 0. The number of rotatable bonds is 21. The van der Waals surface area contributed by atoms with E-state index in [1.54, 1.807) is 22.6 Å². The number of hydrogen-bond acceptors (Lipinski definition) is 13. The number of nitrogens with one attached hydrogen (secondary N) is 4. The third-order valence-electron chi connectivity index (χ3n) is 7.49. The van der Waals surface area contributed by atoms with E-state index in [1.807, 2.05) is 113 Å². The Bertz CT molecular complexity index is 1770. The number of aliphatic hydroxyl groups is 6. The van der Waals surface area contributed by atoms with E-state index < -0.39 is 81.1 Å². The predicted molar refractivity (Wildman–Crippen MR) is 256 cm³/mol. The standard InChI is InChI=1S/C32H38I6N6O13/c1-57-13-16(52)42-27-23(35)17(29(53)39-10-14(50)12-49)21(33)18(24(27)36)30(54)40-11-15(51)41-28-25(37)19(31(55)43(2-6-45)3-7-46)22(34)20(26(28)38)32(56)44(4-8-47)5-9-48/h14,45-50H,2-13H2,1H3,(H,39,53)(H,40,54)(H,41,51)(H,42,52). The van der Waals surface area contributed by atoms with Gasteiger partial charge in [-0.05, 0) is 136 Å². The van der Waals surface area contributed by atoms with Crippen molar-refractivity contribution >= 4 is 182 Å². The molecule has 0 saturated carbocycles. The van der Waals surface area contributed by atoms with Crippen molar-refractivity contribution < 1.29 is 64.1 Å². The van der Waals surface area contributed by atoms with Gasteiger partial charge in [0.15, 0.2) is 0 Å². The molecule has 0 aliphatic heterocycles. The van der Waals surface area contributed by atoms with Crippen molar-refractivity contribution in [1.82, 2.24) is 20.4 Å². The Labute approximate surface area is 408 Å². The maximum absolute atomic E-state index is 13.9. The van der Waals surface area contributed by atoms with E-state index >= 15 is 0 Å². The zero-order chi connectivity index (χ0) is 43.1. The number of carbonyl (C=O) groups is 6. The van der Waals surface area contributed by atoms with Crippen LogP contribution < -0.4 is 21.3 Å². The molecule has 57 heavy (non-hydrogen) atoms. The zero-order valence-electron chi connectivity index (χ0n) is 29.8. The van der Waals surface area contributed by atoms with Crippen LogP contribution in [0.5, 0.6) is 0 Å². The number of methoxy groups -OCH3 is 1. The van der Waals surface area contributed by atoms with Crippen LogP contribution in [0.4, 0.5) is 11.4 Å². The van der Waals surface area contributed by atoms with Crippen molar-refractivity contribution in [2.75, 3.05) is 96.7 Å². The van der Waals surface area contributed by atoms with E-state index in [9.17, 15) is 59.4 Å². The fourth-order valence-electron chi connectivity index (χ4n) is 4.85. The number of nitrogens with zero attached hydrogens (tertiary/aromatic N) is 2. The van der Waals surface area contributed by atoms with E-state index in [2.05, 4.69) is 21.3 Å². The average molecular weight is 1480 g/mol. The maximum Gasteiger partial charge on any atom is 0.256 e. The zero-order valence-corrected chi connectivity index (χ0v) is 42.7. The van der Waals surface area contributed by atoms with E-state index in [4.69, 9.17) is 4.74 Å². The minimum Gasteiger partial charge on any atom is -0.395 e. The number of amides is 6. The molecule has 0 saturated heterocycles. The Morgan fingerprint density at radius 2 is 0.947 bits per heavy atom. The van der Waals surface area contributed by atoms with Crippen LogP contribution >= 0.6 is 136 Å². The van der Waals surface area contributed by atoms with E-state index in [0.29, 0.717) is 0 Å². The summed E-state index contributed by atoms with van der Waals surface area (Å²) in [7, 11) is 1.31. The van der Waals surface area contributed by atoms with Crippen LogP contribution in [0.1, 0.15) is 41.4 Å². The van der Waals surface area contributed by atoms with Crippen LogP contribution in [0.2, 0.25) is 0 Å². The molecular formula is C32H38I6N6O13.